The number of benzene rings is 4. The van der Waals surface area contributed by atoms with E-state index in [1.165, 1.54) is 0 Å². The van der Waals surface area contributed by atoms with Gasteiger partial charge < -0.3 is 10.2 Å². The lowest BCUT2D eigenvalue weighted by molar-refractivity contribution is 0.397. The Morgan fingerprint density at radius 2 is 1.05 bits per heavy atom. The minimum absolute atomic E-state index is 0.149. The highest BCUT2D eigenvalue weighted by Gasteiger charge is 2.21. The van der Waals surface area contributed by atoms with E-state index in [2.05, 4.69) is 50.2 Å². The molecule has 5 rings (SSSR count). The van der Waals surface area contributed by atoms with Gasteiger partial charge in [-0.15, -0.1) is 0 Å². The lowest BCUT2D eigenvalue weighted by atomic mass is 9.91. The monoisotopic (exact) mass is 530 g/mol. The maximum atomic E-state index is 10.9. The molecule has 0 aliphatic heterocycles. The second-order valence-corrected chi connectivity index (χ2v) is 10.6. The molecule has 2 atom stereocenters. The van der Waals surface area contributed by atoms with Crippen molar-refractivity contribution >= 4 is 12.4 Å². The van der Waals surface area contributed by atoms with Crippen LogP contribution in [-0.4, -0.2) is 34.7 Å². The van der Waals surface area contributed by atoms with E-state index >= 15 is 0 Å². The van der Waals surface area contributed by atoms with Crippen molar-refractivity contribution in [1.82, 2.24) is 0 Å². The SMILES string of the molecule is CCc1cc(-c2ccccc2)cc(C=NC2CCCC(N=Cc3cc(-c4ccccc4)cc(CC)c3O)C2)c1O. The zero-order valence-electron chi connectivity index (χ0n) is 23.4. The van der Waals surface area contributed by atoms with Crippen molar-refractivity contribution in [1.29, 1.82) is 0 Å². The summed E-state index contributed by atoms with van der Waals surface area (Å²) in [5, 5.41) is 21.8. The number of hydrogen-bond donors (Lipinski definition) is 2. The predicted octanol–water partition coefficient (Wildman–Crippen LogP) is 8.41. The Labute approximate surface area is 237 Å². The largest absolute Gasteiger partial charge is 0.507 e. The summed E-state index contributed by atoms with van der Waals surface area (Å²) in [5.41, 5.74) is 7.82. The molecule has 204 valence electrons. The van der Waals surface area contributed by atoms with Crippen molar-refractivity contribution < 1.29 is 10.2 Å². The number of phenolic OH excluding ortho intramolecular Hbond substituents is 2. The van der Waals surface area contributed by atoms with Crippen molar-refractivity contribution in [3.63, 3.8) is 0 Å². The highest BCUT2D eigenvalue weighted by molar-refractivity contribution is 5.88. The first-order chi connectivity index (χ1) is 19.6. The molecule has 4 nitrogen and oxygen atoms in total. The minimum atomic E-state index is 0.149. The van der Waals surface area contributed by atoms with Gasteiger partial charge in [0, 0.05) is 23.6 Å². The van der Waals surface area contributed by atoms with E-state index in [0.29, 0.717) is 11.5 Å². The van der Waals surface area contributed by atoms with Gasteiger partial charge in [-0.25, -0.2) is 0 Å². The van der Waals surface area contributed by atoms with Gasteiger partial charge in [-0.3, -0.25) is 9.98 Å². The summed E-state index contributed by atoms with van der Waals surface area (Å²) >= 11 is 0. The third kappa shape index (κ3) is 6.34. The summed E-state index contributed by atoms with van der Waals surface area (Å²) in [4.78, 5) is 9.84. The Morgan fingerprint density at radius 1 is 0.625 bits per heavy atom. The van der Waals surface area contributed by atoms with Crippen molar-refractivity contribution in [2.45, 2.75) is 64.5 Å². The molecule has 0 heterocycles. The van der Waals surface area contributed by atoms with E-state index in [1.54, 1.807) is 0 Å². The van der Waals surface area contributed by atoms with Crippen LogP contribution in [0.2, 0.25) is 0 Å². The molecule has 0 saturated heterocycles. The van der Waals surface area contributed by atoms with E-state index in [0.717, 1.165) is 83.0 Å². The average molecular weight is 531 g/mol. The topological polar surface area (TPSA) is 65.2 Å². The summed E-state index contributed by atoms with van der Waals surface area (Å²) in [6, 6.07) is 29.0. The maximum absolute atomic E-state index is 10.9. The van der Waals surface area contributed by atoms with Gasteiger partial charge in [0.1, 0.15) is 11.5 Å². The fourth-order valence-electron chi connectivity index (χ4n) is 5.55. The van der Waals surface area contributed by atoms with Gasteiger partial charge in [-0.2, -0.15) is 0 Å². The molecule has 4 aromatic carbocycles. The molecular weight excluding hydrogens is 492 g/mol. The fourth-order valence-corrected chi connectivity index (χ4v) is 5.55. The number of aromatic hydroxyl groups is 2. The van der Waals surface area contributed by atoms with Crippen LogP contribution in [0.25, 0.3) is 22.3 Å². The standard InChI is InChI=1S/C36H38N2O2/c1-3-25-18-29(27-12-7-5-8-13-27)20-31(35(25)39)23-37-33-16-11-17-34(22-33)38-24-32-21-30(19-26(4-2)36(32)40)28-14-9-6-10-15-28/h5-10,12-15,18-21,23-24,33-34,39-40H,3-4,11,16-17,22H2,1-2H3. The van der Waals surface area contributed by atoms with Gasteiger partial charge in [-0.05, 0) is 96.2 Å². The zero-order chi connectivity index (χ0) is 27.9. The smallest absolute Gasteiger partial charge is 0.127 e. The fraction of sp³-hybridized carbons (Fsp3) is 0.278. The van der Waals surface area contributed by atoms with Gasteiger partial charge >= 0.3 is 0 Å². The van der Waals surface area contributed by atoms with E-state index in [-0.39, 0.29) is 12.1 Å². The van der Waals surface area contributed by atoms with Gasteiger partial charge in [0.25, 0.3) is 0 Å². The molecule has 0 amide bonds. The first kappa shape index (κ1) is 27.4. The lowest BCUT2D eigenvalue weighted by Gasteiger charge is -2.24. The molecule has 1 saturated carbocycles. The van der Waals surface area contributed by atoms with Gasteiger partial charge in [0.15, 0.2) is 0 Å². The molecule has 2 unspecified atom stereocenters. The van der Waals surface area contributed by atoms with Crippen molar-refractivity contribution in [2.24, 2.45) is 9.98 Å². The van der Waals surface area contributed by atoms with Crippen molar-refractivity contribution in [3.8, 4) is 33.8 Å². The molecule has 4 aromatic rings. The minimum Gasteiger partial charge on any atom is -0.507 e. The molecule has 1 aliphatic rings. The molecule has 40 heavy (non-hydrogen) atoms. The summed E-state index contributed by atoms with van der Waals surface area (Å²) in [5.74, 6) is 0.633. The van der Waals surface area contributed by atoms with E-state index in [1.807, 2.05) is 61.0 Å². The normalized spacial score (nSPS) is 17.6. The molecule has 2 N–H and O–H groups in total. The van der Waals surface area contributed by atoms with Crippen molar-refractivity contribution in [3.05, 3.63) is 107 Å². The van der Waals surface area contributed by atoms with Crippen LogP contribution in [0, 0.1) is 0 Å². The molecule has 4 heteroatoms. The van der Waals surface area contributed by atoms with Crippen LogP contribution in [0.1, 0.15) is 61.8 Å². The average Bonchev–Trinajstić information content (AvgIpc) is 3.01. The highest BCUT2D eigenvalue weighted by Crippen LogP contribution is 2.32. The third-order valence-electron chi connectivity index (χ3n) is 7.88. The van der Waals surface area contributed by atoms with E-state index in [9.17, 15) is 10.2 Å². The second-order valence-electron chi connectivity index (χ2n) is 10.6. The first-order valence-electron chi connectivity index (χ1n) is 14.4. The van der Waals surface area contributed by atoms with E-state index < -0.39 is 0 Å². The third-order valence-corrected chi connectivity index (χ3v) is 7.88. The number of phenols is 2. The Morgan fingerprint density at radius 3 is 1.45 bits per heavy atom. The number of hydrogen-bond acceptors (Lipinski definition) is 4. The molecule has 1 aliphatic carbocycles. The van der Waals surface area contributed by atoms with Crippen molar-refractivity contribution in [2.75, 3.05) is 0 Å². The number of nitrogens with zero attached hydrogens (tertiary/aromatic N) is 2. The maximum Gasteiger partial charge on any atom is 0.127 e. The first-order valence-corrected chi connectivity index (χ1v) is 14.4. The molecular formula is C36H38N2O2. The Kier molecular flexibility index (Phi) is 8.75. The lowest BCUT2D eigenvalue weighted by Crippen LogP contribution is -2.21. The summed E-state index contributed by atoms with van der Waals surface area (Å²) in [7, 11) is 0. The molecule has 0 radical (unpaired) electrons. The highest BCUT2D eigenvalue weighted by atomic mass is 16.3. The number of rotatable bonds is 8. The van der Waals surface area contributed by atoms with Crippen LogP contribution >= 0.6 is 0 Å². The van der Waals surface area contributed by atoms with Crippen LogP contribution in [0.4, 0.5) is 0 Å². The molecule has 0 bridgehead atoms. The van der Waals surface area contributed by atoms with E-state index in [4.69, 9.17) is 9.98 Å². The molecule has 0 spiro atoms. The number of aryl methyl sites for hydroxylation is 2. The second kappa shape index (κ2) is 12.8. The Hall–Kier alpha value is -4.18. The van der Waals surface area contributed by atoms with Crippen LogP contribution in [0.3, 0.4) is 0 Å². The summed E-state index contributed by atoms with van der Waals surface area (Å²) in [6.45, 7) is 4.12. The molecule has 1 fully saturated rings. The van der Waals surface area contributed by atoms with Gasteiger partial charge in [0.2, 0.25) is 0 Å². The van der Waals surface area contributed by atoms with Crippen LogP contribution in [-0.2, 0) is 12.8 Å². The van der Waals surface area contributed by atoms with Crippen LogP contribution in [0.5, 0.6) is 11.5 Å². The zero-order valence-corrected chi connectivity index (χ0v) is 23.4. The quantitative estimate of drug-likeness (QED) is 0.225. The van der Waals surface area contributed by atoms with Crippen LogP contribution in [0.15, 0.2) is 94.9 Å². The summed E-state index contributed by atoms with van der Waals surface area (Å²) < 4.78 is 0. The summed E-state index contributed by atoms with van der Waals surface area (Å²) in [6.07, 6.45) is 9.13. The van der Waals surface area contributed by atoms with Crippen LogP contribution < -0.4 is 0 Å². The number of aliphatic imine (C=N–C) groups is 2. The Balaban J connectivity index is 1.34. The molecule has 0 aromatic heterocycles. The van der Waals surface area contributed by atoms with Gasteiger partial charge in [0.05, 0.1) is 12.1 Å². The predicted molar refractivity (Wildman–Crippen MR) is 167 cm³/mol. The Bertz CT molecular complexity index is 1380. The van der Waals surface area contributed by atoms with Gasteiger partial charge in [-0.1, -0.05) is 74.5 Å².